The van der Waals surface area contributed by atoms with Crippen LogP contribution in [0.25, 0.3) is 0 Å². The van der Waals surface area contributed by atoms with Gasteiger partial charge in [-0.1, -0.05) is 6.92 Å². The van der Waals surface area contributed by atoms with Crippen molar-refractivity contribution >= 4 is 41.4 Å². The second-order valence-corrected chi connectivity index (χ2v) is 8.86. The molecule has 2 fully saturated rings. The van der Waals surface area contributed by atoms with Crippen LogP contribution in [0.1, 0.15) is 20.3 Å². The first-order chi connectivity index (χ1) is 14.0. The van der Waals surface area contributed by atoms with Gasteiger partial charge in [-0.25, -0.2) is 4.79 Å². The zero-order chi connectivity index (χ0) is 22.3. The van der Waals surface area contributed by atoms with E-state index in [-0.39, 0.29) is 16.9 Å². The lowest BCUT2D eigenvalue weighted by Gasteiger charge is -2.46. The standard InChI is InChI=1S/C17H23N5O7S/c1-5-10-9(6(2)23)16(27)22(10)11(17(28)29)12(5)30-7-3-8(19-4-7)14(25)20-21-15(26)13(18)24/h5-10,19,23H,3-4H2,1-2H3,(H2,18,24)(H,20,25)(H,21,26)(H,28,29)/t5-,6-,7+,8+,9-,10?/m1/s1. The highest BCUT2D eigenvalue weighted by Gasteiger charge is 2.60. The minimum absolute atomic E-state index is 0.0685. The van der Waals surface area contributed by atoms with E-state index in [9.17, 15) is 34.2 Å². The normalized spacial score (nSPS) is 31.1. The van der Waals surface area contributed by atoms with Crippen LogP contribution in [0.3, 0.4) is 0 Å². The summed E-state index contributed by atoms with van der Waals surface area (Å²) in [6.07, 6.45) is -0.540. The monoisotopic (exact) mass is 441 g/mol. The lowest BCUT2D eigenvalue weighted by atomic mass is 9.79. The fourth-order valence-electron chi connectivity index (χ4n) is 4.12. The maximum atomic E-state index is 12.4. The highest BCUT2D eigenvalue weighted by atomic mass is 32.2. The molecule has 3 rings (SSSR count). The van der Waals surface area contributed by atoms with Crippen molar-refractivity contribution in [1.29, 1.82) is 0 Å². The maximum Gasteiger partial charge on any atom is 0.353 e. The molecule has 0 bridgehead atoms. The Labute approximate surface area is 175 Å². The molecule has 0 aromatic rings. The Kier molecular flexibility index (Phi) is 6.06. The second kappa shape index (κ2) is 8.24. The van der Waals surface area contributed by atoms with E-state index in [1.807, 2.05) is 12.3 Å². The summed E-state index contributed by atoms with van der Waals surface area (Å²) >= 11 is 1.29. The molecular formula is C17H23N5O7S. The number of nitrogens with two attached hydrogens (primary N) is 1. The number of carboxylic acids is 1. The van der Waals surface area contributed by atoms with Crippen LogP contribution in [0, 0.1) is 11.8 Å². The van der Waals surface area contributed by atoms with Gasteiger partial charge in [0.05, 0.1) is 24.1 Å². The number of carbonyl (C=O) groups is 5. The highest BCUT2D eigenvalue weighted by Crippen LogP contribution is 2.51. The smallest absolute Gasteiger partial charge is 0.353 e. The van der Waals surface area contributed by atoms with E-state index >= 15 is 0 Å². The van der Waals surface area contributed by atoms with E-state index in [0.717, 1.165) is 0 Å². The molecule has 3 heterocycles. The number of hydrogen-bond donors (Lipinski definition) is 6. The number of amides is 4. The van der Waals surface area contributed by atoms with Gasteiger partial charge < -0.3 is 26.2 Å². The average molecular weight is 441 g/mol. The Morgan fingerprint density at radius 1 is 1.30 bits per heavy atom. The molecule has 3 aliphatic heterocycles. The van der Waals surface area contributed by atoms with Crippen LogP contribution in [0.5, 0.6) is 0 Å². The number of β-lactam (4-membered cyclic amide) rings is 1. The minimum atomic E-state index is -1.24. The zero-order valence-corrected chi connectivity index (χ0v) is 17.1. The lowest BCUT2D eigenvalue weighted by molar-refractivity contribution is -0.163. The van der Waals surface area contributed by atoms with Crippen molar-refractivity contribution in [3.8, 4) is 0 Å². The van der Waals surface area contributed by atoms with Crippen molar-refractivity contribution in [2.75, 3.05) is 6.54 Å². The van der Waals surface area contributed by atoms with Gasteiger partial charge in [0, 0.05) is 22.6 Å². The number of primary amides is 1. The summed E-state index contributed by atoms with van der Waals surface area (Å²) in [4.78, 5) is 59.9. The van der Waals surface area contributed by atoms with E-state index < -0.39 is 53.7 Å². The second-order valence-electron chi connectivity index (χ2n) is 7.52. The Balaban J connectivity index is 1.66. The molecule has 30 heavy (non-hydrogen) atoms. The number of thioether (sulfide) groups is 1. The molecule has 7 N–H and O–H groups in total. The van der Waals surface area contributed by atoms with Gasteiger partial charge in [-0.2, -0.15) is 0 Å². The summed E-state index contributed by atoms with van der Waals surface area (Å²) in [5.41, 5.74) is 8.73. The Bertz CT molecular complexity index is 844. The van der Waals surface area contributed by atoms with Crippen molar-refractivity contribution in [3.63, 3.8) is 0 Å². The number of aliphatic carboxylic acids is 1. The van der Waals surface area contributed by atoms with E-state index in [0.29, 0.717) is 17.9 Å². The number of fused-ring (bicyclic) bond motifs is 1. The molecule has 3 aliphatic rings. The van der Waals surface area contributed by atoms with Crippen LogP contribution in [0.2, 0.25) is 0 Å². The van der Waals surface area contributed by atoms with Crippen LogP contribution in [-0.2, 0) is 24.0 Å². The predicted molar refractivity (Wildman–Crippen MR) is 103 cm³/mol. The highest BCUT2D eigenvalue weighted by molar-refractivity contribution is 8.03. The fraction of sp³-hybridized carbons (Fsp3) is 0.588. The van der Waals surface area contributed by atoms with Gasteiger partial charge in [0.25, 0.3) is 5.91 Å². The summed E-state index contributed by atoms with van der Waals surface area (Å²) in [5, 5.41) is 22.4. The van der Waals surface area contributed by atoms with Gasteiger partial charge in [0.1, 0.15) is 5.70 Å². The van der Waals surface area contributed by atoms with Gasteiger partial charge in [-0.05, 0) is 13.3 Å². The molecule has 13 heteroatoms. The van der Waals surface area contributed by atoms with Gasteiger partial charge in [-0.3, -0.25) is 30.0 Å². The summed E-state index contributed by atoms with van der Waals surface area (Å²) in [5.74, 6) is -5.46. The van der Waals surface area contributed by atoms with Crippen LogP contribution in [0.15, 0.2) is 10.6 Å². The van der Waals surface area contributed by atoms with Crippen LogP contribution >= 0.6 is 11.8 Å². The zero-order valence-electron chi connectivity index (χ0n) is 16.2. The third kappa shape index (κ3) is 3.75. The molecule has 12 nitrogen and oxygen atoms in total. The maximum absolute atomic E-state index is 12.4. The minimum Gasteiger partial charge on any atom is -0.477 e. The molecule has 0 aliphatic carbocycles. The van der Waals surface area contributed by atoms with Crippen molar-refractivity contribution < 1.29 is 34.2 Å². The summed E-state index contributed by atoms with van der Waals surface area (Å²) in [7, 11) is 0. The first-order valence-corrected chi connectivity index (χ1v) is 10.2. The first-order valence-electron chi connectivity index (χ1n) is 9.32. The summed E-state index contributed by atoms with van der Waals surface area (Å²) < 4.78 is 0. The summed E-state index contributed by atoms with van der Waals surface area (Å²) in [6.45, 7) is 3.73. The topological polar surface area (TPSA) is 191 Å². The largest absolute Gasteiger partial charge is 0.477 e. The Morgan fingerprint density at radius 3 is 2.53 bits per heavy atom. The van der Waals surface area contributed by atoms with Gasteiger partial charge >= 0.3 is 17.8 Å². The van der Waals surface area contributed by atoms with Crippen molar-refractivity contribution in [2.24, 2.45) is 17.6 Å². The van der Waals surface area contributed by atoms with E-state index in [1.165, 1.54) is 23.6 Å². The molecule has 1 unspecified atom stereocenters. The van der Waals surface area contributed by atoms with Crippen molar-refractivity contribution in [1.82, 2.24) is 21.1 Å². The van der Waals surface area contributed by atoms with Gasteiger partial charge in [-0.15, -0.1) is 11.8 Å². The summed E-state index contributed by atoms with van der Waals surface area (Å²) in [6, 6.07) is -1.06. The number of nitrogens with one attached hydrogen (secondary N) is 3. The fourth-order valence-corrected chi connectivity index (χ4v) is 5.60. The average Bonchev–Trinajstić information content (AvgIpc) is 3.21. The van der Waals surface area contributed by atoms with Crippen LogP contribution < -0.4 is 21.9 Å². The number of hydrogen-bond acceptors (Lipinski definition) is 8. The Morgan fingerprint density at radius 2 is 1.97 bits per heavy atom. The third-order valence-electron chi connectivity index (χ3n) is 5.53. The SMILES string of the molecule is C[C@H]1C(S[C@@H]2CN[C@H](C(=O)NNC(=O)C(N)=O)C2)=C(C(=O)O)N2C(=O)[C@H]([C@@H](C)O)C12. The molecular weight excluding hydrogens is 418 g/mol. The number of carbonyl (C=O) groups excluding carboxylic acids is 4. The number of aliphatic hydroxyl groups excluding tert-OH is 1. The number of aliphatic hydroxyl groups is 1. The molecule has 0 aromatic heterocycles. The van der Waals surface area contributed by atoms with Gasteiger partial charge in [0.15, 0.2) is 0 Å². The molecule has 6 atom stereocenters. The number of nitrogens with zero attached hydrogens (tertiary/aromatic N) is 1. The molecule has 0 radical (unpaired) electrons. The molecule has 0 aromatic carbocycles. The Hall–Kier alpha value is -2.64. The van der Waals surface area contributed by atoms with E-state index in [4.69, 9.17) is 5.73 Å². The number of carboxylic acid groups (broad SMARTS) is 1. The number of hydrazine groups is 1. The predicted octanol–water partition coefficient (Wildman–Crippen LogP) is -2.76. The molecule has 164 valence electrons. The van der Waals surface area contributed by atoms with E-state index in [2.05, 4.69) is 10.7 Å². The van der Waals surface area contributed by atoms with Gasteiger partial charge in [0.2, 0.25) is 5.91 Å². The molecule has 4 amide bonds. The van der Waals surface area contributed by atoms with E-state index in [1.54, 1.807) is 0 Å². The lowest BCUT2D eigenvalue weighted by Crippen LogP contribution is -2.63. The first kappa shape index (κ1) is 22.1. The molecule has 0 saturated carbocycles. The molecule has 0 spiro atoms. The quantitative estimate of drug-likeness (QED) is 0.149. The number of rotatable bonds is 5. The van der Waals surface area contributed by atoms with Crippen molar-refractivity contribution in [2.45, 2.75) is 43.7 Å². The molecule has 2 saturated heterocycles. The van der Waals surface area contributed by atoms with Crippen LogP contribution in [-0.4, -0.2) is 74.7 Å². The van der Waals surface area contributed by atoms with Crippen molar-refractivity contribution in [3.05, 3.63) is 10.6 Å². The van der Waals surface area contributed by atoms with Crippen LogP contribution in [0.4, 0.5) is 0 Å². The third-order valence-corrected chi connectivity index (χ3v) is 7.05.